The van der Waals surface area contributed by atoms with Crippen LogP contribution in [0.25, 0.3) is 0 Å². The third-order valence-corrected chi connectivity index (χ3v) is 4.81. The summed E-state index contributed by atoms with van der Waals surface area (Å²) >= 11 is 0. The Morgan fingerprint density at radius 3 is 2.88 bits per heavy atom. The van der Waals surface area contributed by atoms with Gasteiger partial charge in [-0.25, -0.2) is 4.79 Å². The number of aromatic nitrogens is 2. The molecule has 2 aliphatic rings. The van der Waals surface area contributed by atoms with E-state index in [9.17, 15) is 4.79 Å². The van der Waals surface area contributed by atoms with Gasteiger partial charge in [-0.15, -0.1) is 0 Å². The van der Waals surface area contributed by atoms with Crippen molar-refractivity contribution in [2.45, 2.75) is 32.4 Å². The highest BCUT2D eigenvalue weighted by Gasteiger charge is 2.24. The third kappa shape index (κ3) is 4.95. The maximum absolute atomic E-state index is 12.3. The summed E-state index contributed by atoms with van der Waals surface area (Å²) in [7, 11) is 0. The Labute approximate surface area is 143 Å². The highest BCUT2D eigenvalue weighted by Crippen LogP contribution is 2.14. The van der Waals surface area contributed by atoms with E-state index in [1.165, 1.54) is 12.8 Å². The number of urea groups is 1. The van der Waals surface area contributed by atoms with Crippen molar-refractivity contribution in [3.63, 3.8) is 0 Å². The second-order valence-electron chi connectivity index (χ2n) is 6.94. The lowest BCUT2D eigenvalue weighted by Gasteiger charge is -2.35. The van der Waals surface area contributed by atoms with Crippen molar-refractivity contribution in [3.05, 3.63) is 18.5 Å². The van der Waals surface area contributed by atoms with Gasteiger partial charge in [0.25, 0.3) is 0 Å². The lowest BCUT2D eigenvalue weighted by Crippen LogP contribution is -2.53. The summed E-state index contributed by atoms with van der Waals surface area (Å²) in [5.41, 5.74) is 0. The smallest absolute Gasteiger partial charge is 0.317 e. The predicted octanol–water partition coefficient (Wildman–Crippen LogP) is 1.03. The molecule has 2 saturated heterocycles. The molecule has 1 aromatic rings. The van der Waals surface area contributed by atoms with Crippen LogP contribution in [0.2, 0.25) is 0 Å². The highest BCUT2D eigenvalue weighted by atomic mass is 16.5. The Balaban J connectivity index is 1.32. The Morgan fingerprint density at radius 2 is 2.21 bits per heavy atom. The molecule has 0 saturated carbocycles. The van der Waals surface area contributed by atoms with Gasteiger partial charge in [0.15, 0.2) is 0 Å². The molecule has 0 spiro atoms. The molecule has 1 aromatic heterocycles. The van der Waals surface area contributed by atoms with Gasteiger partial charge >= 0.3 is 6.03 Å². The number of piperazine rings is 1. The zero-order valence-electron chi connectivity index (χ0n) is 14.6. The first kappa shape index (κ1) is 17.2. The number of carbonyl (C=O) groups excluding carboxylic acids is 1. The van der Waals surface area contributed by atoms with E-state index in [0.717, 1.165) is 45.9 Å². The molecule has 2 unspecified atom stereocenters. The maximum Gasteiger partial charge on any atom is 0.317 e. The van der Waals surface area contributed by atoms with Gasteiger partial charge in [0.1, 0.15) is 0 Å². The molecule has 134 valence electrons. The molecule has 2 fully saturated rings. The fourth-order valence-corrected chi connectivity index (χ4v) is 3.38. The van der Waals surface area contributed by atoms with Crippen LogP contribution in [0.3, 0.4) is 0 Å². The summed E-state index contributed by atoms with van der Waals surface area (Å²) in [5, 5.41) is 7.26. The molecule has 3 rings (SSSR count). The first-order valence-electron chi connectivity index (χ1n) is 9.05. The molecule has 1 N–H and O–H groups in total. The standard InChI is InChI=1S/C17H29N5O2/c1-15(13-22-6-3-5-19-22)12-18-17(23)21-9-7-20(8-10-21)14-16-4-2-11-24-16/h3,5-6,15-16H,2,4,7-14H2,1H3,(H,18,23). The number of carbonyl (C=O) groups is 1. The molecule has 24 heavy (non-hydrogen) atoms. The van der Waals surface area contributed by atoms with Crippen molar-refractivity contribution in [1.29, 1.82) is 0 Å². The molecule has 2 aliphatic heterocycles. The molecule has 7 nitrogen and oxygen atoms in total. The van der Waals surface area contributed by atoms with E-state index < -0.39 is 0 Å². The second-order valence-corrected chi connectivity index (χ2v) is 6.94. The summed E-state index contributed by atoms with van der Waals surface area (Å²) in [6.45, 7) is 9.02. The first-order chi connectivity index (χ1) is 11.7. The Bertz CT molecular complexity index is 493. The summed E-state index contributed by atoms with van der Waals surface area (Å²) in [4.78, 5) is 16.6. The number of rotatable bonds is 6. The zero-order valence-corrected chi connectivity index (χ0v) is 14.6. The number of nitrogens with zero attached hydrogens (tertiary/aromatic N) is 4. The van der Waals surface area contributed by atoms with Gasteiger partial charge in [-0.2, -0.15) is 5.10 Å². The van der Waals surface area contributed by atoms with E-state index in [2.05, 4.69) is 22.2 Å². The van der Waals surface area contributed by atoms with Crippen LogP contribution in [-0.4, -0.2) is 77.6 Å². The molecule has 0 aliphatic carbocycles. The summed E-state index contributed by atoms with van der Waals surface area (Å²) in [5.74, 6) is 0.356. The van der Waals surface area contributed by atoms with Gasteiger partial charge in [0, 0.05) is 64.8 Å². The molecule has 2 atom stereocenters. The number of ether oxygens (including phenoxy) is 1. The minimum Gasteiger partial charge on any atom is -0.377 e. The molecule has 0 radical (unpaired) electrons. The minimum atomic E-state index is 0.0547. The number of hydrogen-bond acceptors (Lipinski definition) is 4. The van der Waals surface area contributed by atoms with Crippen LogP contribution in [0, 0.1) is 5.92 Å². The molecule has 2 amide bonds. The summed E-state index contributed by atoms with van der Waals surface area (Å²) < 4.78 is 7.60. The fourth-order valence-electron chi connectivity index (χ4n) is 3.38. The molecule has 0 aromatic carbocycles. The van der Waals surface area contributed by atoms with E-state index >= 15 is 0 Å². The van der Waals surface area contributed by atoms with Crippen molar-refractivity contribution >= 4 is 6.03 Å². The van der Waals surface area contributed by atoms with Crippen LogP contribution in [0.1, 0.15) is 19.8 Å². The number of amides is 2. The largest absolute Gasteiger partial charge is 0.377 e. The fraction of sp³-hybridized carbons (Fsp3) is 0.765. The van der Waals surface area contributed by atoms with Crippen molar-refractivity contribution < 1.29 is 9.53 Å². The first-order valence-corrected chi connectivity index (χ1v) is 9.05. The zero-order chi connectivity index (χ0) is 16.8. The van der Waals surface area contributed by atoms with Crippen molar-refractivity contribution in [1.82, 2.24) is 24.9 Å². The van der Waals surface area contributed by atoms with Gasteiger partial charge in [-0.3, -0.25) is 9.58 Å². The quantitative estimate of drug-likeness (QED) is 0.843. The minimum absolute atomic E-state index is 0.0547. The molecule has 7 heteroatoms. The number of nitrogens with one attached hydrogen (secondary N) is 1. The summed E-state index contributed by atoms with van der Waals surface area (Å²) in [6, 6.07) is 1.97. The average molecular weight is 335 g/mol. The van der Waals surface area contributed by atoms with Gasteiger partial charge in [-0.1, -0.05) is 6.92 Å². The monoisotopic (exact) mass is 335 g/mol. The molecule has 3 heterocycles. The number of hydrogen-bond donors (Lipinski definition) is 1. The topological polar surface area (TPSA) is 62.6 Å². The lowest BCUT2D eigenvalue weighted by atomic mass is 10.2. The van der Waals surface area contributed by atoms with E-state index in [4.69, 9.17) is 4.74 Å². The Kier molecular flexibility index (Phi) is 6.09. The second kappa shape index (κ2) is 8.48. The Hall–Kier alpha value is -1.60. The highest BCUT2D eigenvalue weighted by molar-refractivity contribution is 5.74. The van der Waals surface area contributed by atoms with Crippen LogP contribution >= 0.6 is 0 Å². The van der Waals surface area contributed by atoms with Crippen molar-refractivity contribution in [3.8, 4) is 0 Å². The van der Waals surface area contributed by atoms with E-state index in [1.54, 1.807) is 6.20 Å². The third-order valence-electron chi connectivity index (χ3n) is 4.81. The van der Waals surface area contributed by atoms with E-state index in [-0.39, 0.29) is 6.03 Å². The predicted molar refractivity (Wildman–Crippen MR) is 91.8 cm³/mol. The van der Waals surface area contributed by atoms with Gasteiger partial charge in [0.05, 0.1) is 6.10 Å². The van der Waals surface area contributed by atoms with Crippen molar-refractivity contribution in [2.24, 2.45) is 5.92 Å². The van der Waals surface area contributed by atoms with Crippen molar-refractivity contribution in [2.75, 3.05) is 45.9 Å². The van der Waals surface area contributed by atoms with Crippen LogP contribution in [0.4, 0.5) is 4.79 Å². The Morgan fingerprint density at radius 1 is 1.38 bits per heavy atom. The lowest BCUT2D eigenvalue weighted by molar-refractivity contribution is 0.0560. The van der Waals surface area contributed by atoms with Gasteiger partial charge < -0.3 is 15.0 Å². The van der Waals surface area contributed by atoms with Crippen LogP contribution in [-0.2, 0) is 11.3 Å². The maximum atomic E-state index is 12.3. The normalized spacial score (nSPS) is 23.4. The molecular weight excluding hydrogens is 306 g/mol. The van der Waals surface area contributed by atoms with Crippen LogP contribution < -0.4 is 5.32 Å². The average Bonchev–Trinajstić information content (AvgIpc) is 3.27. The van der Waals surface area contributed by atoms with E-state index in [1.807, 2.05) is 21.8 Å². The van der Waals surface area contributed by atoms with Crippen LogP contribution in [0.5, 0.6) is 0 Å². The van der Waals surface area contributed by atoms with Gasteiger partial charge in [0.2, 0.25) is 0 Å². The summed E-state index contributed by atoms with van der Waals surface area (Å²) in [6.07, 6.45) is 6.49. The van der Waals surface area contributed by atoms with Gasteiger partial charge in [-0.05, 0) is 24.8 Å². The molecular formula is C17H29N5O2. The van der Waals surface area contributed by atoms with E-state index in [0.29, 0.717) is 18.6 Å². The van der Waals surface area contributed by atoms with Crippen LogP contribution in [0.15, 0.2) is 18.5 Å². The molecule has 0 bridgehead atoms. The SMILES string of the molecule is CC(CNC(=O)N1CCN(CC2CCCO2)CC1)Cn1cccn1.